The summed E-state index contributed by atoms with van der Waals surface area (Å²) in [6, 6.07) is 10.6. The summed E-state index contributed by atoms with van der Waals surface area (Å²) >= 11 is 0. The van der Waals surface area contributed by atoms with Crippen molar-refractivity contribution in [3.8, 4) is 45.6 Å². The first-order chi connectivity index (χ1) is 16.0. The van der Waals surface area contributed by atoms with E-state index in [1.165, 1.54) is 14.2 Å². The van der Waals surface area contributed by atoms with E-state index in [4.69, 9.17) is 18.9 Å². The zero-order valence-electron chi connectivity index (χ0n) is 18.7. The first kappa shape index (κ1) is 21.3. The molecule has 3 aromatic carbocycles. The molecule has 0 unspecified atom stereocenters. The molecule has 33 heavy (non-hydrogen) atoms. The van der Waals surface area contributed by atoms with E-state index in [0.717, 1.165) is 39.8 Å². The number of rotatable bonds is 4. The van der Waals surface area contributed by atoms with Gasteiger partial charge >= 0.3 is 0 Å². The summed E-state index contributed by atoms with van der Waals surface area (Å²) in [7, 11) is 4.54. The molecule has 5 rings (SSSR count). The van der Waals surface area contributed by atoms with Crippen LogP contribution in [0.3, 0.4) is 0 Å². The number of phenols is 2. The average Bonchev–Trinajstić information content (AvgIpc) is 2.83. The molecule has 1 aliphatic heterocycles. The largest absolute Gasteiger partial charge is 0.508 e. The van der Waals surface area contributed by atoms with Crippen LogP contribution in [-0.4, -0.2) is 43.3 Å². The molecule has 0 aromatic heterocycles. The molecule has 0 bridgehead atoms. The number of phenolic OH excluding ortho intramolecular Hbond substituents is 2. The number of ether oxygens (including phenoxy) is 4. The fourth-order valence-corrected chi connectivity index (χ4v) is 5.05. The zero-order valence-corrected chi connectivity index (χ0v) is 18.7. The van der Waals surface area contributed by atoms with Gasteiger partial charge in [0.2, 0.25) is 5.75 Å². The summed E-state index contributed by atoms with van der Waals surface area (Å²) in [5, 5.41) is 32.0. The molecule has 2 atom stereocenters. The Labute approximate surface area is 191 Å². The highest BCUT2D eigenvalue weighted by molar-refractivity contribution is 5.79. The van der Waals surface area contributed by atoms with E-state index >= 15 is 0 Å². The molecule has 0 radical (unpaired) electrons. The lowest BCUT2D eigenvalue weighted by Gasteiger charge is -2.35. The summed E-state index contributed by atoms with van der Waals surface area (Å²) in [6.07, 6.45) is 0.603. The minimum Gasteiger partial charge on any atom is -0.508 e. The van der Waals surface area contributed by atoms with E-state index in [-0.39, 0.29) is 35.5 Å². The van der Waals surface area contributed by atoms with Gasteiger partial charge in [0, 0.05) is 23.1 Å². The van der Waals surface area contributed by atoms with Crippen molar-refractivity contribution >= 4 is 0 Å². The molecule has 1 heterocycles. The number of hydrogen-bond donors (Lipinski definition) is 3. The van der Waals surface area contributed by atoms with Crippen LogP contribution in [0.15, 0.2) is 36.4 Å². The van der Waals surface area contributed by atoms with Gasteiger partial charge < -0.3 is 34.3 Å². The van der Waals surface area contributed by atoms with Crippen molar-refractivity contribution in [3.05, 3.63) is 58.7 Å². The quantitative estimate of drug-likeness (QED) is 0.551. The van der Waals surface area contributed by atoms with Crippen molar-refractivity contribution < 1.29 is 34.3 Å². The fourth-order valence-electron chi connectivity index (χ4n) is 5.05. The van der Waals surface area contributed by atoms with Crippen molar-refractivity contribution in [1.29, 1.82) is 0 Å². The number of aromatic hydroxyl groups is 2. The first-order valence-electron chi connectivity index (χ1n) is 10.8. The van der Waals surface area contributed by atoms with Crippen molar-refractivity contribution in [2.75, 3.05) is 27.9 Å². The normalized spacial score (nSPS) is 18.4. The molecule has 0 fully saturated rings. The standard InChI is InChI=1S/C26H26O7/c1-30-21-11-14(27)10-18-15-6-7-20-24(17(15)5-4-16(18)21)25(28)19(12-33-20)13-8-22(31-2)26(29)23(9-13)32-3/h6-11,19,25,27-29H,4-5,12H2,1-3H3/t19-,25+/m1/s1. The average molecular weight is 450 g/mol. The molecule has 7 nitrogen and oxygen atoms in total. The van der Waals surface area contributed by atoms with Crippen LogP contribution < -0.4 is 18.9 Å². The molecule has 0 saturated carbocycles. The Balaban J connectivity index is 1.62. The molecule has 2 aliphatic rings. The Bertz CT molecular complexity index is 1210. The Morgan fingerprint density at radius 3 is 2.15 bits per heavy atom. The van der Waals surface area contributed by atoms with Gasteiger partial charge in [-0.2, -0.15) is 0 Å². The van der Waals surface area contributed by atoms with Gasteiger partial charge in [-0.15, -0.1) is 0 Å². The van der Waals surface area contributed by atoms with Crippen molar-refractivity contribution in [1.82, 2.24) is 0 Å². The van der Waals surface area contributed by atoms with Gasteiger partial charge in [0.25, 0.3) is 0 Å². The van der Waals surface area contributed by atoms with E-state index in [0.29, 0.717) is 17.9 Å². The summed E-state index contributed by atoms with van der Waals surface area (Å²) < 4.78 is 22.2. The van der Waals surface area contributed by atoms with E-state index in [9.17, 15) is 15.3 Å². The molecule has 3 N–H and O–H groups in total. The Hall–Kier alpha value is -3.58. The number of aliphatic hydroxyl groups is 1. The Kier molecular flexibility index (Phi) is 5.21. The molecule has 1 aliphatic carbocycles. The number of aliphatic hydroxyl groups excluding tert-OH is 1. The van der Waals surface area contributed by atoms with Crippen molar-refractivity contribution in [3.63, 3.8) is 0 Å². The van der Waals surface area contributed by atoms with Crippen LogP contribution in [0.4, 0.5) is 0 Å². The maximum absolute atomic E-state index is 11.5. The minimum atomic E-state index is -0.830. The Morgan fingerprint density at radius 1 is 0.818 bits per heavy atom. The summed E-state index contributed by atoms with van der Waals surface area (Å²) in [5.41, 5.74) is 5.39. The molecule has 0 saturated heterocycles. The lowest BCUT2D eigenvalue weighted by Crippen LogP contribution is -2.26. The second-order valence-electron chi connectivity index (χ2n) is 8.31. The van der Waals surface area contributed by atoms with Gasteiger partial charge in [-0.3, -0.25) is 0 Å². The van der Waals surface area contributed by atoms with Gasteiger partial charge in [0.15, 0.2) is 11.5 Å². The van der Waals surface area contributed by atoms with Crippen LogP contribution in [0.1, 0.15) is 34.3 Å². The molecule has 172 valence electrons. The van der Waals surface area contributed by atoms with Crippen LogP contribution in [0.2, 0.25) is 0 Å². The van der Waals surface area contributed by atoms with E-state index in [2.05, 4.69) is 0 Å². The van der Waals surface area contributed by atoms with Gasteiger partial charge in [-0.1, -0.05) is 6.07 Å². The molecular weight excluding hydrogens is 424 g/mol. The lowest BCUT2D eigenvalue weighted by molar-refractivity contribution is 0.0878. The third-order valence-electron chi connectivity index (χ3n) is 6.67. The lowest BCUT2D eigenvalue weighted by atomic mass is 9.77. The van der Waals surface area contributed by atoms with Gasteiger partial charge in [0.05, 0.1) is 34.0 Å². The highest BCUT2D eigenvalue weighted by Gasteiger charge is 2.36. The predicted molar refractivity (Wildman–Crippen MR) is 122 cm³/mol. The minimum absolute atomic E-state index is 0.0851. The van der Waals surface area contributed by atoms with Gasteiger partial charge in [0.1, 0.15) is 17.2 Å². The fraction of sp³-hybridized carbons (Fsp3) is 0.308. The van der Waals surface area contributed by atoms with Crippen molar-refractivity contribution in [2.24, 2.45) is 0 Å². The monoisotopic (exact) mass is 450 g/mol. The second-order valence-corrected chi connectivity index (χ2v) is 8.31. The number of methoxy groups -OCH3 is 3. The number of benzene rings is 3. The third kappa shape index (κ3) is 3.31. The molecule has 3 aromatic rings. The topological polar surface area (TPSA) is 97.6 Å². The maximum atomic E-state index is 11.5. The van der Waals surface area contributed by atoms with E-state index < -0.39 is 6.10 Å². The highest BCUT2D eigenvalue weighted by Crippen LogP contribution is 2.50. The van der Waals surface area contributed by atoms with Gasteiger partial charge in [-0.05, 0) is 59.4 Å². The SMILES string of the molecule is COc1cc([C@H]2COc3ccc4c(c3[C@H]2O)CCc2c(OC)cc(O)cc2-4)cc(OC)c1O. The molecular formula is C26H26O7. The zero-order chi connectivity index (χ0) is 23.3. The summed E-state index contributed by atoms with van der Waals surface area (Å²) in [6.45, 7) is 0.273. The van der Waals surface area contributed by atoms with Crippen LogP contribution in [0.5, 0.6) is 34.5 Å². The number of fused-ring (bicyclic) bond motifs is 5. The molecule has 7 heteroatoms. The van der Waals surface area contributed by atoms with Crippen LogP contribution in [-0.2, 0) is 12.8 Å². The first-order valence-corrected chi connectivity index (χ1v) is 10.8. The van der Waals surface area contributed by atoms with Crippen LogP contribution in [0.25, 0.3) is 11.1 Å². The number of hydrogen-bond acceptors (Lipinski definition) is 7. The summed E-state index contributed by atoms with van der Waals surface area (Å²) in [4.78, 5) is 0. The maximum Gasteiger partial charge on any atom is 0.200 e. The van der Waals surface area contributed by atoms with Crippen LogP contribution >= 0.6 is 0 Å². The van der Waals surface area contributed by atoms with Crippen LogP contribution in [0, 0.1) is 0 Å². The third-order valence-corrected chi connectivity index (χ3v) is 6.67. The molecule has 0 amide bonds. The summed E-state index contributed by atoms with van der Waals surface area (Å²) in [5.74, 6) is 1.53. The smallest absolute Gasteiger partial charge is 0.200 e. The molecule has 0 spiro atoms. The second kappa shape index (κ2) is 8.08. The van der Waals surface area contributed by atoms with E-state index in [1.54, 1.807) is 31.4 Å². The highest BCUT2D eigenvalue weighted by atomic mass is 16.5. The van der Waals surface area contributed by atoms with Gasteiger partial charge in [-0.25, -0.2) is 0 Å². The van der Waals surface area contributed by atoms with E-state index in [1.807, 2.05) is 12.1 Å². The predicted octanol–water partition coefficient (Wildman–Crippen LogP) is 4.10. The Morgan fingerprint density at radius 2 is 1.48 bits per heavy atom. The van der Waals surface area contributed by atoms with Crippen molar-refractivity contribution in [2.45, 2.75) is 24.9 Å².